The van der Waals surface area contributed by atoms with Gasteiger partial charge in [-0.15, -0.1) is 0 Å². The van der Waals surface area contributed by atoms with Crippen molar-refractivity contribution in [1.82, 2.24) is 4.57 Å². The molecule has 5 nitrogen and oxygen atoms in total. The number of rotatable bonds is 5. The number of carbonyl (C=O) groups excluding carboxylic acids is 2. The normalized spacial score (nSPS) is 14.9. The van der Waals surface area contributed by atoms with Crippen LogP contribution in [0.15, 0.2) is 65.4 Å². The average Bonchev–Trinajstić information content (AvgIpc) is 3.22. The number of hydrogen-bond donors (Lipinski definition) is 0. The van der Waals surface area contributed by atoms with E-state index >= 15 is 0 Å². The Bertz CT molecular complexity index is 1400. The molecule has 1 aliphatic heterocycles. The number of nitrogens with zero attached hydrogens (tertiary/aromatic N) is 2. The molecule has 1 amide bonds. The van der Waals surface area contributed by atoms with Gasteiger partial charge in [0.25, 0.3) is 5.91 Å². The van der Waals surface area contributed by atoms with Gasteiger partial charge >= 0.3 is 5.97 Å². The van der Waals surface area contributed by atoms with Crippen LogP contribution in [0.2, 0.25) is 10.0 Å². The predicted octanol–water partition coefficient (Wildman–Crippen LogP) is 6.98. The maximum absolute atomic E-state index is 13.6. The SMILES string of the molecule is CCOC(=O)C1=C(C)N(c2ccc(Cl)cc2)C(=O)/C1=C\c1cc(C)n(-c2cc(Cl)ccc2C)c1C. The maximum Gasteiger partial charge on any atom is 0.340 e. The summed E-state index contributed by atoms with van der Waals surface area (Å²) in [6.07, 6.45) is 1.77. The lowest BCUT2D eigenvalue weighted by Crippen LogP contribution is -2.24. The molecule has 0 spiro atoms. The molecule has 0 saturated heterocycles. The minimum absolute atomic E-state index is 0.209. The van der Waals surface area contributed by atoms with E-state index < -0.39 is 5.97 Å². The first-order valence-corrected chi connectivity index (χ1v) is 12.0. The molecule has 0 N–H and O–H groups in total. The summed E-state index contributed by atoms with van der Waals surface area (Å²) in [7, 11) is 0. The van der Waals surface area contributed by atoms with Crippen LogP contribution in [0, 0.1) is 20.8 Å². The van der Waals surface area contributed by atoms with Crippen molar-refractivity contribution in [2.75, 3.05) is 11.5 Å². The van der Waals surface area contributed by atoms with Gasteiger partial charge in [-0.2, -0.15) is 0 Å². The topological polar surface area (TPSA) is 51.5 Å². The molecule has 2 aromatic carbocycles. The number of aromatic nitrogens is 1. The van der Waals surface area contributed by atoms with Gasteiger partial charge < -0.3 is 9.30 Å². The number of benzene rings is 2. The second kappa shape index (κ2) is 9.76. The third-order valence-corrected chi connectivity index (χ3v) is 6.63. The molecule has 0 radical (unpaired) electrons. The maximum atomic E-state index is 13.6. The molecular formula is C28H26Cl2N2O3. The molecule has 0 aliphatic carbocycles. The van der Waals surface area contributed by atoms with Gasteiger partial charge in [-0.1, -0.05) is 29.3 Å². The molecule has 0 saturated carbocycles. The van der Waals surface area contributed by atoms with Crippen molar-refractivity contribution in [2.45, 2.75) is 34.6 Å². The van der Waals surface area contributed by atoms with Gasteiger partial charge in [-0.05, 0) is 94.3 Å². The van der Waals surface area contributed by atoms with Crippen molar-refractivity contribution in [3.63, 3.8) is 0 Å². The van der Waals surface area contributed by atoms with Crippen LogP contribution in [0.25, 0.3) is 11.8 Å². The van der Waals surface area contributed by atoms with Crippen LogP contribution >= 0.6 is 23.2 Å². The molecule has 3 aromatic rings. The van der Waals surface area contributed by atoms with E-state index in [0.29, 0.717) is 27.0 Å². The number of ether oxygens (including phenoxy) is 1. The molecule has 7 heteroatoms. The summed E-state index contributed by atoms with van der Waals surface area (Å²) in [5, 5.41) is 1.21. The first-order chi connectivity index (χ1) is 16.6. The van der Waals surface area contributed by atoms with Gasteiger partial charge in [-0.25, -0.2) is 4.79 Å². The van der Waals surface area contributed by atoms with Crippen molar-refractivity contribution in [3.8, 4) is 5.69 Å². The number of esters is 1. The van der Waals surface area contributed by atoms with E-state index in [1.807, 2.05) is 45.0 Å². The van der Waals surface area contributed by atoms with Crippen molar-refractivity contribution in [1.29, 1.82) is 0 Å². The molecule has 0 fully saturated rings. The van der Waals surface area contributed by atoms with Crippen molar-refractivity contribution < 1.29 is 14.3 Å². The highest BCUT2D eigenvalue weighted by Gasteiger charge is 2.38. The zero-order chi connectivity index (χ0) is 25.4. The van der Waals surface area contributed by atoms with Crippen LogP contribution in [0.5, 0.6) is 0 Å². The highest BCUT2D eigenvalue weighted by Crippen LogP contribution is 2.37. The molecule has 4 rings (SSSR count). The van der Waals surface area contributed by atoms with Gasteiger partial charge in [-0.3, -0.25) is 9.69 Å². The standard InChI is InChI=1S/C28H26Cl2N2O3/c1-6-35-28(34)26-19(5)32(23-11-9-21(29)10-12-23)27(33)24(26)14-20-13-17(3)31(18(20)4)25-15-22(30)8-7-16(25)2/h7-15H,6H2,1-5H3/b24-14-. The molecule has 0 bridgehead atoms. The van der Waals surface area contributed by atoms with Gasteiger partial charge in [0.2, 0.25) is 0 Å². The zero-order valence-electron chi connectivity index (χ0n) is 20.3. The second-order valence-corrected chi connectivity index (χ2v) is 9.32. The van der Waals surface area contributed by atoms with Crippen LogP contribution < -0.4 is 4.90 Å². The summed E-state index contributed by atoms with van der Waals surface area (Å²) in [6.45, 7) is 9.71. The third-order valence-electron chi connectivity index (χ3n) is 6.15. The molecule has 35 heavy (non-hydrogen) atoms. The largest absolute Gasteiger partial charge is 0.462 e. The Balaban J connectivity index is 1.86. The molecule has 0 atom stereocenters. The van der Waals surface area contributed by atoms with Gasteiger partial charge in [0, 0.05) is 38.5 Å². The fourth-order valence-electron chi connectivity index (χ4n) is 4.47. The second-order valence-electron chi connectivity index (χ2n) is 8.45. The molecule has 2 heterocycles. The number of amides is 1. The quantitative estimate of drug-likeness (QED) is 0.276. The predicted molar refractivity (Wildman–Crippen MR) is 141 cm³/mol. The minimum Gasteiger partial charge on any atom is -0.462 e. The van der Waals surface area contributed by atoms with Gasteiger partial charge in [0.15, 0.2) is 0 Å². The monoisotopic (exact) mass is 508 g/mol. The highest BCUT2D eigenvalue weighted by molar-refractivity contribution is 6.31. The van der Waals surface area contributed by atoms with E-state index in [1.165, 1.54) is 4.90 Å². The van der Waals surface area contributed by atoms with Crippen LogP contribution in [-0.4, -0.2) is 23.1 Å². The fourth-order valence-corrected chi connectivity index (χ4v) is 4.76. The Hall–Kier alpha value is -3.28. The van der Waals surface area contributed by atoms with E-state index in [-0.39, 0.29) is 18.1 Å². The lowest BCUT2D eigenvalue weighted by Gasteiger charge is -2.18. The Morgan fingerprint density at radius 3 is 2.29 bits per heavy atom. The lowest BCUT2D eigenvalue weighted by molar-refractivity contribution is -0.138. The van der Waals surface area contributed by atoms with Gasteiger partial charge in [0.05, 0.1) is 17.8 Å². The summed E-state index contributed by atoms with van der Waals surface area (Å²) < 4.78 is 7.42. The molecule has 0 unspecified atom stereocenters. The third kappa shape index (κ3) is 4.54. The Kier molecular flexibility index (Phi) is 6.93. The van der Waals surface area contributed by atoms with Crippen molar-refractivity contribution in [2.24, 2.45) is 0 Å². The van der Waals surface area contributed by atoms with E-state index in [9.17, 15) is 9.59 Å². The summed E-state index contributed by atoms with van der Waals surface area (Å²) >= 11 is 12.3. The van der Waals surface area contributed by atoms with Crippen LogP contribution in [-0.2, 0) is 14.3 Å². The average molecular weight is 509 g/mol. The van der Waals surface area contributed by atoms with Crippen molar-refractivity contribution >= 4 is 46.8 Å². The number of hydrogen-bond acceptors (Lipinski definition) is 3. The lowest BCUT2D eigenvalue weighted by atomic mass is 10.0. The molecule has 1 aliphatic rings. The van der Waals surface area contributed by atoms with E-state index in [4.69, 9.17) is 27.9 Å². The van der Waals surface area contributed by atoms with Crippen LogP contribution in [0.3, 0.4) is 0 Å². The number of allylic oxidation sites excluding steroid dienone is 1. The Morgan fingerprint density at radius 2 is 1.63 bits per heavy atom. The molecule has 180 valence electrons. The van der Waals surface area contributed by atoms with Crippen LogP contribution in [0.4, 0.5) is 5.69 Å². The van der Waals surface area contributed by atoms with E-state index in [2.05, 4.69) is 4.57 Å². The smallest absolute Gasteiger partial charge is 0.340 e. The number of anilines is 1. The number of carbonyl (C=O) groups is 2. The Morgan fingerprint density at radius 1 is 0.971 bits per heavy atom. The first kappa shape index (κ1) is 24.8. The zero-order valence-corrected chi connectivity index (χ0v) is 21.8. The summed E-state index contributed by atoms with van der Waals surface area (Å²) in [5.41, 5.74) is 6.48. The highest BCUT2D eigenvalue weighted by atomic mass is 35.5. The van der Waals surface area contributed by atoms with E-state index in [0.717, 1.165) is 28.2 Å². The van der Waals surface area contributed by atoms with Crippen LogP contribution in [0.1, 0.15) is 36.4 Å². The van der Waals surface area contributed by atoms with E-state index in [1.54, 1.807) is 44.2 Å². The number of aryl methyl sites for hydroxylation is 2. The molecule has 1 aromatic heterocycles. The fraction of sp³-hybridized carbons (Fsp3) is 0.214. The first-order valence-electron chi connectivity index (χ1n) is 11.3. The van der Waals surface area contributed by atoms with Crippen molar-refractivity contribution in [3.05, 3.63) is 97.9 Å². The van der Waals surface area contributed by atoms with Gasteiger partial charge in [0.1, 0.15) is 0 Å². The summed E-state index contributed by atoms with van der Waals surface area (Å²) in [4.78, 5) is 28.1. The minimum atomic E-state index is -0.527. The molecular weight excluding hydrogens is 483 g/mol. The summed E-state index contributed by atoms with van der Waals surface area (Å²) in [5.74, 6) is -0.822. The number of halogens is 2. The summed E-state index contributed by atoms with van der Waals surface area (Å²) in [6, 6.07) is 14.7. The Labute approximate surface area is 215 Å².